The fourth-order valence-corrected chi connectivity index (χ4v) is 5.21. The minimum absolute atomic E-state index is 0.173. The first-order chi connectivity index (χ1) is 15.5. The van der Waals surface area contributed by atoms with Crippen molar-refractivity contribution < 1.29 is 22.4 Å². The van der Waals surface area contributed by atoms with Gasteiger partial charge >= 0.3 is 12.2 Å². The molecule has 1 N–H and O–H groups in total. The number of nitrogens with one attached hydrogen (secondary N) is 1. The second kappa shape index (κ2) is 8.36. The lowest BCUT2D eigenvalue weighted by atomic mass is 9.63. The van der Waals surface area contributed by atoms with Crippen LogP contribution in [0.5, 0.6) is 0 Å². The molecule has 2 aliphatic rings. The molecule has 1 aliphatic carbocycles. The molecule has 7 heteroatoms. The summed E-state index contributed by atoms with van der Waals surface area (Å²) in [6.07, 6.45) is 3.29. The number of urea groups is 1. The monoisotopic (exact) mass is 458 g/mol. The third kappa shape index (κ3) is 4.41. The maximum absolute atomic E-state index is 14.5. The van der Waals surface area contributed by atoms with E-state index in [1.165, 1.54) is 18.2 Å². The number of carbonyl (C=O) groups excluding carboxylic acids is 1. The van der Waals surface area contributed by atoms with E-state index in [1.807, 2.05) is 62.4 Å². The van der Waals surface area contributed by atoms with Gasteiger partial charge in [-0.2, -0.15) is 13.2 Å². The van der Waals surface area contributed by atoms with Crippen LogP contribution in [-0.2, 0) is 11.0 Å². The molecule has 2 unspecified atom stereocenters. The minimum atomic E-state index is -4.63. The second-order valence-corrected chi connectivity index (χ2v) is 9.33. The largest absolute Gasteiger partial charge is 0.406 e. The minimum Gasteiger partial charge on any atom is -0.307 e. The molecule has 2 amide bonds. The molecule has 33 heavy (non-hydrogen) atoms. The summed E-state index contributed by atoms with van der Waals surface area (Å²) in [4.78, 5) is 14.0. The van der Waals surface area contributed by atoms with E-state index in [0.717, 1.165) is 10.5 Å². The Morgan fingerprint density at radius 3 is 2.45 bits per heavy atom. The van der Waals surface area contributed by atoms with Crippen LogP contribution < -0.4 is 5.32 Å². The van der Waals surface area contributed by atoms with E-state index in [-0.39, 0.29) is 6.42 Å². The molecule has 2 aromatic rings. The van der Waals surface area contributed by atoms with Gasteiger partial charge in [0.1, 0.15) is 12.4 Å². The lowest BCUT2D eigenvalue weighted by Crippen LogP contribution is -2.62. The van der Waals surface area contributed by atoms with Crippen molar-refractivity contribution in [1.82, 2.24) is 4.90 Å². The maximum atomic E-state index is 14.5. The molecule has 2 atom stereocenters. The number of carbonyl (C=O) groups is 1. The quantitative estimate of drug-likeness (QED) is 0.484. The number of fused-ring (bicyclic) bond motifs is 1. The fraction of sp³-hybridized carbons (Fsp3) is 0.346. The average molecular weight is 458 g/mol. The Bertz CT molecular complexity index is 1090. The van der Waals surface area contributed by atoms with E-state index in [2.05, 4.69) is 5.32 Å². The van der Waals surface area contributed by atoms with Crippen molar-refractivity contribution in [3.8, 4) is 0 Å². The molecule has 0 saturated heterocycles. The van der Waals surface area contributed by atoms with Crippen molar-refractivity contribution in [2.45, 2.75) is 43.8 Å². The zero-order valence-electron chi connectivity index (χ0n) is 18.5. The lowest BCUT2D eigenvalue weighted by molar-refractivity contribution is -0.156. The number of halogens is 4. The summed E-state index contributed by atoms with van der Waals surface area (Å²) in [5.74, 6) is -1.03. The van der Waals surface area contributed by atoms with Gasteiger partial charge in [-0.25, -0.2) is 9.18 Å². The number of alkyl halides is 3. The highest BCUT2D eigenvalue weighted by Crippen LogP contribution is 2.53. The van der Waals surface area contributed by atoms with Gasteiger partial charge in [-0.3, -0.25) is 0 Å². The molecule has 3 nitrogen and oxygen atoms in total. The molecule has 0 aromatic heterocycles. The molecule has 0 bridgehead atoms. The lowest BCUT2D eigenvalue weighted by Gasteiger charge is -2.54. The summed E-state index contributed by atoms with van der Waals surface area (Å²) in [6, 6.07) is 12.6. The van der Waals surface area contributed by atoms with Crippen LogP contribution in [0, 0.1) is 11.7 Å². The highest BCUT2D eigenvalue weighted by Gasteiger charge is 2.55. The first kappa shape index (κ1) is 23.1. The highest BCUT2D eigenvalue weighted by molar-refractivity contribution is 5.94. The zero-order chi connectivity index (χ0) is 23.9. The van der Waals surface area contributed by atoms with E-state index >= 15 is 0 Å². The van der Waals surface area contributed by atoms with Crippen molar-refractivity contribution in [3.05, 3.63) is 89.8 Å². The standard InChI is InChI=1S/C26H26F4N2O/c1-24(2,18-9-5-3-6-10-18)16-25(19-11-7-4-8-12-19)21-15-20(27)13-14-22(21)31-23(33)32(25)17-26(28,29)30/h3-11,13-15,19H,12,16-17H2,1-2H3,(H,31,33). The van der Waals surface area contributed by atoms with E-state index in [9.17, 15) is 22.4 Å². The maximum Gasteiger partial charge on any atom is 0.406 e. The SMILES string of the molecule is CC(C)(CC1(C2C=CC=CC2)c2cc(F)ccc2NC(=O)N1CC(F)(F)F)c1ccccc1. The molecule has 174 valence electrons. The van der Waals surface area contributed by atoms with Crippen molar-refractivity contribution >= 4 is 11.7 Å². The third-order valence-electron chi connectivity index (χ3n) is 6.61. The van der Waals surface area contributed by atoms with E-state index in [0.29, 0.717) is 17.7 Å². The Hall–Kier alpha value is -3.09. The molecule has 4 rings (SSSR count). The molecule has 0 saturated carbocycles. The molecule has 0 fully saturated rings. The predicted molar refractivity (Wildman–Crippen MR) is 120 cm³/mol. The smallest absolute Gasteiger partial charge is 0.307 e. The van der Waals surface area contributed by atoms with E-state index < -0.39 is 41.4 Å². The Kier molecular flexibility index (Phi) is 5.85. The van der Waals surface area contributed by atoms with E-state index in [1.54, 1.807) is 6.08 Å². The van der Waals surface area contributed by atoms with Gasteiger partial charge in [0.2, 0.25) is 0 Å². The topological polar surface area (TPSA) is 32.3 Å². The first-order valence-corrected chi connectivity index (χ1v) is 10.9. The van der Waals surface area contributed by atoms with Crippen molar-refractivity contribution in [2.24, 2.45) is 5.92 Å². The molecular weight excluding hydrogens is 432 g/mol. The molecule has 0 radical (unpaired) electrons. The number of allylic oxidation sites excluding steroid dienone is 3. The van der Waals surface area contributed by atoms with Crippen LogP contribution in [0.25, 0.3) is 0 Å². The van der Waals surface area contributed by atoms with Gasteiger partial charge in [0, 0.05) is 17.2 Å². The molecule has 1 heterocycles. The molecule has 2 aromatic carbocycles. The van der Waals surface area contributed by atoms with Crippen molar-refractivity contribution in [1.29, 1.82) is 0 Å². The number of rotatable bonds is 5. The first-order valence-electron chi connectivity index (χ1n) is 10.9. The number of hydrogen-bond donors (Lipinski definition) is 1. The number of hydrogen-bond acceptors (Lipinski definition) is 1. The Morgan fingerprint density at radius 1 is 1.09 bits per heavy atom. The summed E-state index contributed by atoms with van der Waals surface area (Å²) >= 11 is 0. The number of nitrogens with zero attached hydrogens (tertiary/aromatic N) is 1. The van der Waals surface area contributed by atoms with E-state index in [4.69, 9.17) is 0 Å². The third-order valence-corrected chi connectivity index (χ3v) is 6.61. The van der Waals surface area contributed by atoms with Crippen LogP contribution in [0.3, 0.4) is 0 Å². The summed E-state index contributed by atoms with van der Waals surface area (Å²) in [5.41, 5.74) is -0.417. The Morgan fingerprint density at radius 2 is 1.82 bits per heavy atom. The van der Waals surface area contributed by atoms with Gasteiger partial charge in [-0.05, 0) is 42.0 Å². The predicted octanol–water partition coefficient (Wildman–Crippen LogP) is 6.93. The summed E-state index contributed by atoms with van der Waals surface area (Å²) < 4.78 is 56.0. The Labute approximate surface area is 190 Å². The number of benzene rings is 2. The molecule has 0 spiro atoms. The van der Waals surface area contributed by atoms with Crippen LogP contribution in [-0.4, -0.2) is 23.7 Å². The van der Waals surface area contributed by atoms with Gasteiger partial charge in [0.25, 0.3) is 0 Å². The highest BCUT2D eigenvalue weighted by atomic mass is 19.4. The summed E-state index contributed by atoms with van der Waals surface area (Å²) in [7, 11) is 0. The van der Waals surface area contributed by atoms with Crippen LogP contribution in [0.1, 0.15) is 37.8 Å². The molecule has 1 aliphatic heterocycles. The van der Waals surface area contributed by atoms with Crippen molar-refractivity contribution in [3.63, 3.8) is 0 Å². The molecular formula is C26H26F4N2O. The van der Waals surface area contributed by atoms with Gasteiger partial charge < -0.3 is 10.2 Å². The van der Waals surface area contributed by atoms with Gasteiger partial charge in [-0.15, -0.1) is 0 Å². The summed E-state index contributed by atoms with van der Waals surface area (Å²) in [6.45, 7) is 2.46. The second-order valence-electron chi connectivity index (χ2n) is 9.33. The van der Waals surface area contributed by atoms with Gasteiger partial charge in [0.15, 0.2) is 0 Å². The zero-order valence-corrected chi connectivity index (χ0v) is 18.5. The normalized spacial score (nSPS) is 22.8. The van der Waals surface area contributed by atoms with Crippen LogP contribution >= 0.6 is 0 Å². The van der Waals surface area contributed by atoms with Crippen LogP contribution in [0.4, 0.5) is 28.0 Å². The van der Waals surface area contributed by atoms with Crippen LogP contribution in [0.2, 0.25) is 0 Å². The van der Waals surface area contributed by atoms with Crippen LogP contribution in [0.15, 0.2) is 72.8 Å². The Balaban J connectivity index is 1.98. The van der Waals surface area contributed by atoms with Gasteiger partial charge in [-0.1, -0.05) is 68.5 Å². The van der Waals surface area contributed by atoms with Crippen molar-refractivity contribution in [2.75, 3.05) is 11.9 Å². The average Bonchev–Trinajstić information content (AvgIpc) is 2.77. The fourth-order valence-electron chi connectivity index (χ4n) is 5.21. The number of anilines is 1. The van der Waals surface area contributed by atoms with Gasteiger partial charge in [0.05, 0.1) is 5.54 Å². The summed E-state index contributed by atoms with van der Waals surface area (Å²) in [5, 5.41) is 2.56. The number of amides is 2.